The predicted molar refractivity (Wildman–Crippen MR) is 19.3 cm³/mol. The average Bonchev–Trinajstić information content (AvgIpc) is 1.19. The van der Waals surface area contributed by atoms with Gasteiger partial charge in [-0.2, -0.15) is 0 Å². The third-order valence-corrected chi connectivity index (χ3v) is 0. The van der Waals surface area contributed by atoms with E-state index in [-0.39, 0.29) is 115 Å². The van der Waals surface area contributed by atoms with E-state index in [9.17, 15) is 0 Å². The van der Waals surface area contributed by atoms with Gasteiger partial charge in [0.15, 0.2) is 0 Å². The molecule has 0 bridgehead atoms. The summed E-state index contributed by atoms with van der Waals surface area (Å²) in [5.74, 6) is 0. The third kappa shape index (κ3) is 336. The maximum Gasteiger partial charge on any atom is 1.00 e. The number of hydrogen-bond donors (Lipinski definition) is 1. The van der Waals surface area contributed by atoms with Crippen molar-refractivity contribution in [3.63, 3.8) is 0 Å². The third-order valence-electron chi connectivity index (χ3n) is 0. The number of rotatable bonds is 0. The summed E-state index contributed by atoms with van der Waals surface area (Å²) in [5, 5.41) is 13.6. The van der Waals surface area contributed by atoms with Crippen LogP contribution in [-0.2, 0) is 10.4 Å². The smallest absolute Gasteiger partial charge is 1.00 e. The number of halogens is 1. The topological polar surface area (TPSA) is 144 Å². The predicted octanol–water partition coefficient (Wildman–Crippen LogP) is -13.7. The van der Waals surface area contributed by atoms with Gasteiger partial charge < -0.3 is 19.0 Å². The Kier molecular flexibility index (Phi) is 55.8. The summed E-state index contributed by atoms with van der Waals surface area (Å²) in [4.78, 5) is 8.36. The number of hydrogen-bond acceptors (Lipinski definition) is 6. The summed E-state index contributed by atoms with van der Waals surface area (Å²) in [5.41, 5.74) is 0. The van der Waals surface area contributed by atoms with Crippen molar-refractivity contribution in [2.45, 2.75) is 0 Å². The van der Waals surface area contributed by atoms with Crippen LogP contribution in [0.4, 0.5) is 0 Å². The second-order valence-electron chi connectivity index (χ2n) is 0.646. The van der Waals surface area contributed by atoms with Crippen molar-refractivity contribution in [2.24, 2.45) is 0 Å². The molecule has 0 atom stereocenters. The van der Waals surface area contributed by atoms with E-state index in [1.807, 2.05) is 0 Å². The molecular weight excluding hydrogens is 262 g/mol. The molecule has 13 heavy (non-hydrogen) atoms. The Bertz CT molecular complexity index is 169. The maximum absolute atomic E-state index is 8.52. The van der Waals surface area contributed by atoms with Gasteiger partial charge in [0, 0.05) is 10.4 Å². The Balaban J connectivity index is -0.0000000146. The standard InChI is InChI=1S/FH.K.HNO3.2Na.H2O4S/c;;2-1(3)4;;;1-5(2,3)4/h1H;;(H,2,3,4);;;(H2,1,2,3,4)/q;+1;;2*+1;/p-3. The van der Waals surface area contributed by atoms with Crippen LogP contribution in [0.25, 0.3) is 0 Å². The summed E-state index contributed by atoms with van der Waals surface area (Å²) in [6.07, 6.45) is 0. The molecule has 0 fully saturated rings. The summed E-state index contributed by atoms with van der Waals surface area (Å²) >= 11 is 0. The monoisotopic (exact) mass is 263 g/mol. The van der Waals surface area contributed by atoms with Crippen molar-refractivity contribution in [1.29, 1.82) is 0 Å². The van der Waals surface area contributed by atoms with E-state index in [0.717, 1.165) is 0 Å². The molecule has 0 aliphatic heterocycles. The number of nitrogens with zero attached hydrogens (tertiary/aromatic N) is 1. The fraction of sp³-hybridized carbons (Fsp3) is 0. The normalized spacial score (nSPS) is 6.31. The van der Waals surface area contributed by atoms with Crippen molar-refractivity contribution in [1.82, 2.24) is 0 Å². The minimum Gasteiger partial charge on any atom is -1.00 e. The van der Waals surface area contributed by atoms with E-state index < -0.39 is 15.5 Å². The SMILES string of the molecule is O=S(=O)([O-])[O-].O=[N+]([O-])O.[F-].[K+].[Na+].[Na+]. The van der Waals surface area contributed by atoms with Crippen LogP contribution in [0.3, 0.4) is 0 Å². The molecule has 0 saturated carbocycles. The van der Waals surface area contributed by atoms with Gasteiger partial charge in [-0.25, -0.2) is 0 Å². The van der Waals surface area contributed by atoms with Gasteiger partial charge >= 0.3 is 110 Å². The first kappa shape index (κ1) is 36.1. The van der Waals surface area contributed by atoms with Crippen LogP contribution in [0, 0.1) is 10.1 Å². The molecule has 0 aromatic rings. The molecule has 0 aromatic heterocycles. The molecule has 8 nitrogen and oxygen atoms in total. The fourth-order valence-electron chi connectivity index (χ4n) is 0. The zero-order valence-electron chi connectivity index (χ0n) is 7.13. The Morgan fingerprint density at radius 3 is 1.15 bits per heavy atom. The van der Waals surface area contributed by atoms with E-state index in [2.05, 4.69) is 0 Å². The molecule has 0 unspecified atom stereocenters. The minimum absolute atomic E-state index is 0. The molecule has 0 rings (SSSR count). The molecule has 0 aliphatic carbocycles. The van der Waals surface area contributed by atoms with Gasteiger partial charge in [-0.05, 0) is 0 Å². The molecule has 0 spiro atoms. The first-order chi connectivity index (χ1) is 3.73. The van der Waals surface area contributed by atoms with Crippen molar-refractivity contribution >= 4 is 10.4 Å². The van der Waals surface area contributed by atoms with Crippen LogP contribution in [0.15, 0.2) is 0 Å². The van der Waals surface area contributed by atoms with Crippen molar-refractivity contribution in [3.05, 3.63) is 10.1 Å². The van der Waals surface area contributed by atoms with Crippen molar-refractivity contribution < 1.29 is 143 Å². The molecule has 0 aliphatic rings. The van der Waals surface area contributed by atoms with Gasteiger partial charge in [0.25, 0.3) is 5.09 Å². The van der Waals surface area contributed by atoms with Gasteiger partial charge in [-0.15, -0.1) is 10.1 Å². The zero-order chi connectivity index (χ0) is 8.08. The largest absolute Gasteiger partial charge is 1.00 e. The van der Waals surface area contributed by atoms with Crippen LogP contribution < -0.4 is 115 Å². The second kappa shape index (κ2) is 20.1. The van der Waals surface area contributed by atoms with E-state index in [1.54, 1.807) is 0 Å². The quantitative estimate of drug-likeness (QED) is 0.150. The summed E-state index contributed by atoms with van der Waals surface area (Å²) in [6, 6.07) is 0. The second-order valence-corrected chi connectivity index (χ2v) is 1.46. The van der Waals surface area contributed by atoms with E-state index in [1.165, 1.54) is 0 Å². The Hall–Kier alpha value is 2.64. The Morgan fingerprint density at radius 1 is 1.15 bits per heavy atom. The first-order valence-corrected chi connectivity index (χ1v) is 2.57. The fourth-order valence-corrected chi connectivity index (χ4v) is 0. The van der Waals surface area contributed by atoms with E-state index in [4.69, 9.17) is 32.8 Å². The van der Waals surface area contributed by atoms with Crippen molar-refractivity contribution in [3.8, 4) is 0 Å². The Morgan fingerprint density at radius 2 is 1.15 bits per heavy atom. The Labute approximate surface area is 160 Å². The maximum atomic E-state index is 8.52. The van der Waals surface area contributed by atoms with Gasteiger partial charge in [0.2, 0.25) is 0 Å². The van der Waals surface area contributed by atoms with Crippen LogP contribution in [0.5, 0.6) is 0 Å². The van der Waals surface area contributed by atoms with Crippen LogP contribution in [0.1, 0.15) is 0 Å². The van der Waals surface area contributed by atoms with E-state index in [0.29, 0.717) is 0 Å². The minimum atomic E-state index is -5.17. The molecule has 0 amide bonds. The average molecular weight is 263 g/mol. The molecule has 0 saturated heterocycles. The van der Waals surface area contributed by atoms with E-state index >= 15 is 0 Å². The molecular formula is HFKNNa2O7S. The molecule has 64 valence electrons. The zero-order valence-corrected chi connectivity index (χ0v) is 15.1. The van der Waals surface area contributed by atoms with Crippen LogP contribution >= 0.6 is 0 Å². The summed E-state index contributed by atoms with van der Waals surface area (Å²) in [7, 11) is -5.17. The van der Waals surface area contributed by atoms with Crippen molar-refractivity contribution in [2.75, 3.05) is 0 Å². The van der Waals surface area contributed by atoms with Gasteiger partial charge in [0.05, 0.1) is 0 Å². The van der Waals surface area contributed by atoms with Crippen LogP contribution in [-0.4, -0.2) is 27.8 Å². The van der Waals surface area contributed by atoms with Crippen LogP contribution in [0.2, 0.25) is 0 Å². The first-order valence-electron chi connectivity index (χ1n) is 1.23. The molecule has 0 aromatic carbocycles. The molecule has 13 heteroatoms. The molecule has 0 radical (unpaired) electrons. The molecule has 1 N–H and O–H groups in total. The summed E-state index contributed by atoms with van der Waals surface area (Å²) < 4.78 is 34.1. The van der Waals surface area contributed by atoms with Gasteiger partial charge in [0.1, 0.15) is 0 Å². The molecule has 0 heterocycles. The van der Waals surface area contributed by atoms with Gasteiger partial charge in [-0.1, -0.05) is 0 Å². The van der Waals surface area contributed by atoms with Gasteiger partial charge in [-0.3, -0.25) is 8.42 Å². The summed E-state index contributed by atoms with van der Waals surface area (Å²) in [6.45, 7) is 0.